The first-order valence-corrected chi connectivity index (χ1v) is 6.17. The normalized spacial score (nSPS) is 24.6. The van der Waals surface area contributed by atoms with Crippen LogP contribution in [0.25, 0.3) is 0 Å². The fourth-order valence-corrected chi connectivity index (χ4v) is 2.66. The molecule has 2 aliphatic rings. The van der Waals surface area contributed by atoms with E-state index in [0.717, 1.165) is 5.56 Å². The van der Waals surface area contributed by atoms with Crippen LogP contribution in [0, 0.1) is 5.82 Å². The highest BCUT2D eigenvalue weighted by atomic mass is 19.3. The van der Waals surface area contributed by atoms with Crippen LogP contribution in [0.15, 0.2) is 18.2 Å². The van der Waals surface area contributed by atoms with Gasteiger partial charge in [0.15, 0.2) is 0 Å². The lowest BCUT2D eigenvalue weighted by atomic mass is 10.1. The Balaban J connectivity index is 1.82. The standard InChI is InChI=1S/C13H13F3N2O/c14-9-2-1-8-3-4-18(11(8)5-9)12(19)10-6-13(15,16)7-17-10/h1-2,5,10,17H,3-4,6-7H2. The molecule has 3 nitrogen and oxygen atoms in total. The van der Waals surface area contributed by atoms with Crippen molar-refractivity contribution in [1.82, 2.24) is 5.32 Å². The second kappa shape index (κ2) is 4.23. The van der Waals surface area contributed by atoms with Crippen LogP contribution in [0.1, 0.15) is 12.0 Å². The van der Waals surface area contributed by atoms with E-state index in [1.54, 1.807) is 6.07 Å². The van der Waals surface area contributed by atoms with Gasteiger partial charge in [0.05, 0.1) is 12.6 Å². The lowest BCUT2D eigenvalue weighted by molar-refractivity contribution is -0.120. The quantitative estimate of drug-likeness (QED) is 0.842. The largest absolute Gasteiger partial charge is 0.310 e. The number of fused-ring (bicyclic) bond motifs is 1. The van der Waals surface area contributed by atoms with Crippen molar-refractivity contribution >= 4 is 11.6 Å². The summed E-state index contributed by atoms with van der Waals surface area (Å²) in [6.45, 7) is -0.0609. The zero-order valence-electron chi connectivity index (χ0n) is 10.1. The number of nitrogens with one attached hydrogen (secondary N) is 1. The summed E-state index contributed by atoms with van der Waals surface area (Å²) in [7, 11) is 0. The molecule has 1 aromatic rings. The average molecular weight is 270 g/mol. The van der Waals surface area contributed by atoms with Crippen molar-refractivity contribution in [2.75, 3.05) is 18.0 Å². The van der Waals surface area contributed by atoms with Crippen molar-refractivity contribution in [1.29, 1.82) is 0 Å². The molecule has 1 atom stereocenters. The summed E-state index contributed by atoms with van der Waals surface area (Å²) in [5, 5.41) is 2.53. The Morgan fingerprint density at radius 2 is 2.21 bits per heavy atom. The van der Waals surface area contributed by atoms with E-state index in [9.17, 15) is 18.0 Å². The van der Waals surface area contributed by atoms with E-state index < -0.39 is 36.7 Å². The van der Waals surface area contributed by atoms with Gasteiger partial charge in [-0.15, -0.1) is 0 Å². The first kappa shape index (κ1) is 12.5. The third-order valence-corrected chi connectivity index (χ3v) is 3.62. The number of anilines is 1. The summed E-state index contributed by atoms with van der Waals surface area (Å²) in [6, 6.07) is 3.38. The Bertz CT molecular complexity index is 533. The van der Waals surface area contributed by atoms with Crippen molar-refractivity contribution in [2.24, 2.45) is 0 Å². The summed E-state index contributed by atoms with van der Waals surface area (Å²) >= 11 is 0. The maximum atomic E-state index is 13.2. The molecule has 2 aliphatic heterocycles. The van der Waals surface area contributed by atoms with Crippen LogP contribution in [0.5, 0.6) is 0 Å². The van der Waals surface area contributed by atoms with Gasteiger partial charge in [0, 0.05) is 18.7 Å². The van der Waals surface area contributed by atoms with Crippen LogP contribution in [0.2, 0.25) is 0 Å². The molecule has 1 unspecified atom stereocenters. The molecule has 1 aromatic carbocycles. The summed E-state index contributed by atoms with van der Waals surface area (Å²) < 4.78 is 39.4. The van der Waals surface area contributed by atoms with Crippen molar-refractivity contribution < 1.29 is 18.0 Å². The number of amides is 1. The molecule has 1 amide bonds. The molecular formula is C13H13F3N2O. The van der Waals surface area contributed by atoms with Crippen LogP contribution >= 0.6 is 0 Å². The predicted octanol–water partition coefficient (Wildman–Crippen LogP) is 1.71. The van der Waals surface area contributed by atoms with Gasteiger partial charge >= 0.3 is 0 Å². The van der Waals surface area contributed by atoms with Crippen molar-refractivity contribution in [3.63, 3.8) is 0 Å². The molecule has 2 heterocycles. The monoisotopic (exact) mass is 270 g/mol. The number of carbonyl (C=O) groups excluding carboxylic acids is 1. The van der Waals surface area contributed by atoms with E-state index in [0.29, 0.717) is 18.7 Å². The highest BCUT2D eigenvalue weighted by molar-refractivity contribution is 5.99. The number of benzene rings is 1. The molecule has 1 fully saturated rings. The number of hydrogen-bond acceptors (Lipinski definition) is 2. The number of alkyl halides is 2. The average Bonchev–Trinajstić information content (AvgIpc) is 2.91. The van der Waals surface area contributed by atoms with Crippen LogP contribution < -0.4 is 10.2 Å². The highest BCUT2D eigenvalue weighted by Crippen LogP contribution is 2.32. The van der Waals surface area contributed by atoms with Crippen LogP contribution in [0.3, 0.4) is 0 Å². The maximum Gasteiger partial charge on any atom is 0.262 e. The minimum absolute atomic E-state index is 0.401. The minimum Gasteiger partial charge on any atom is -0.310 e. The molecule has 0 aliphatic carbocycles. The molecule has 102 valence electrons. The number of halogens is 3. The van der Waals surface area contributed by atoms with E-state index in [2.05, 4.69) is 5.32 Å². The molecular weight excluding hydrogens is 257 g/mol. The van der Waals surface area contributed by atoms with Crippen molar-refractivity contribution in [2.45, 2.75) is 24.8 Å². The molecule has 0 bridgehead atoms. The lowest BCUT2D eigenvalue weighted by Gasteiger charge is -2.21. The molecule has 3 rings (SSSR count). The summed E-state index contributed by atoms with van der Waals surface area (Å²) in [5.41, 5.74) is 1.38. The van der Waals surface area contributed by atoms with Gasteiger partial charge in [-0.1, -0.05) is 6.07 Å². The molecule has 0 spiro atoms. The van der Waals surface area contributed by atoms with Gasteiger partial charge in [-0.05, 0) is 24.1 Å². The molecule has 19 heavy (non-hydrogen) atoms. The first-order valence-electron chi connectivity index (χ1n) is 6.17. The van der Waals surface area contributed by atoms with E-state index in [1.165, 1.54) is 17.0 Å². The van der Waals surface area contributed by atoms with Gasteiger partial charge in [-0.3, -0.25) is 10.1 Å². The first-order chi connectivity index (χ1) is 8.96. The van der Waals surface area contributed by atoms with Crippen LogP contribution in [0.4, 0.5) is 18.9 Å². The van der Waals surface area contributed by atoms with Gasteiger partial charge in [0.25, 0.3) is 5.92 Å². The smallest absolute Gasteiger partial charge is 0.262 e. The van der Waals surface area contributed by atoms with Gasteiger partial charge in [-0.25, -0.2) is 13.2 Å². The lowest BCUT2D eigenvalue weighted by Crippen LogP contribution is -2.43. The van der Waals surface area contributed by atoms with Gasteiger partial charge in [0.2, 0.25) is 5.91 Å². The van der Waals surface area contributed by atoms with Crippen molar-refractivity contribution in [3.8, 4) is 0 Å². The SMILES string of the molecule is O=C(C1CC(F)(F)CN1)N1CCc2ccc(F)cc21. The zero-order valence-corrected chi connectivity index (χ0v) is 10.1. The molecule has 1 N–H and O–H groups in total. The summed E-state index contributed by atoms with van der Waals surface area (Å²) in [6.07, 6.45) is 0.136. The number of carbonyl (C=O) groups is 1. The third-order valence-electron chi connectivity index (χ3n) is 3.62. The Morgan fingerprint density at radius 1 is 1.42 bits per heavy atom. The van der Waals surface area contributed by atoms with Crippen molar-refractivity contribution in [3.05, 3.63) is 29.6 Å². The highest BCUT2D eigenvalue weighted by Gasteiger charge is 2.44. The second-order valence-electron chi connectivity index (χ2n) is 5.01. The predicted molar refractivity (Wildman–Crippen MR) is 63.8 cm³/mol. The number of hydrogen-bond donors (Lipinski definition) is 1. The van der Waals surface area contributed by atoms with E-state index in [4.69, 9.17) is 0 Å². The van der Waals surface area contributed by atoms with Gasteiger partial charge in [-0.2, -0.15) is 0 Å². The molecule has 0 aromatic heterocycles. The molecule has 1 saturated heterocycles. The van der Waals surface area contributed by atoms with E-state index in [1.807, 2.05) is 0 Å². The van der Waals surface area contributed by atoms with Gasteiger partial charge < -0.3 is 4.90 Å². The zero-order chi connectivity index (χ0) is 13.6. The minimum atomic E-state index is -2.84. The Hall–Kier alpha value is -1.56. The third kappa shape index (κ3) is 2.20. The Morgan fingerprint density at radius 3 is 2.89 bits per heavy atom. The second-order valence-corrected chi connectivity index (χ2v) is 5.01. The maximum absolute atomic E-state index is 13.2. The Kier molecular flexibility index (Phi) is 2.78. The molecule has 0 saturated carbocycles. The fourth-order valence-electron chi connectivity index (χ4n) is 2.66. The fraction of sp³-hybridized carbons (Fsp3) is 0.462. The number of rotatable bonds is 1. The van der Waals surface area contributed by atoms with Crippen LogP contribution in [-0.2, 0) is 11.2 Å². The van der Waals surface area contributed by atoms with E-state index >= 15 is 0 Å². The molecule has 6 heteroatoms. The molecule has 0 radical (unpaired) electrons. The van der Waals surface area contributed by atoms with Gasteiger partial charge in [0.1, 0.15) is 5.82 Å². The Labute approximate surface area is 108 Å². The number of nitrogens with zero attached hydrogens (tertiary/aromatic N) is 1. The van der Waals surface area contributed by atoms with Crippen LogP contribution in [-0.4, -0.2) is 31.0 Å². The topological polar surface area (TPSA) is 32.3 Å². The summed E-state index contributed by atoms with van der Waals surface area (Å²) in [4.78, 5) is 13.6. The summed E-state index contributed by atoms with van der Waals surface area (Å²) in [5.74, 6) is -3.67. The van der Waals surface area contributed by atoms with E-state index in [-0.39, 0.29) is 0 Å².